The van der Waals surface area contributed by atoms with Crippen LogP contribution in [0.1, 0.15) is 46.1 Å². The highest BCUT2D eigenvalue weighted by Gasteiger charge is 2.16. The molecule has 0 aliphatic heterocycles. The summed E-state index contributed by atoms with van der Waals surface area (Å²) in [6, 6.07) is 8.68. The Hall–Kier alpha value is -2.56. The average Bonchev–Trinajstić information content (AvgIpc) is 2.87. The molecular weight excluding hydrogens is 292 g/mol. The van der Waals surface area contributed by atoms with Gasteiger partial charge in [-0.1, -0.05) is 6.07 Å². The molecule has 2 rings (SSSR count). The van der Waals surface area contributed by atoms with Crippen LogP contribution in [0.4, 0.5) is 5.69 Å². The molecule has 0 aliphatic carbocycles. The number of nitrogens with zero attached hydrogens (tertiary/aromatic N) is 1. The van der Waals surface area contributed by atoms with Gasteiger partial charge < -0.3 is 14.6 Å². The molecule has 1 aromatic carbocycles. The number of aryl methyl sites for hydroxylation is 2. The molecule has 0 fully saturated rings. The van der Waals surface area contributed by atoms with Crippen molar-refractivity contribution in [2.75, 3.05) is 18.4 Å². The summed E-state index contributed by atoms with van der Waals surface area (Å²) >= 11 is 0. The van der Waals surface area contributed by atoms with Gasteiger partial charge in [-0.3, -0.25) is 9.59 Å². The number of carbonyl (C=O) groups is 2. The van der Waals surface area contributed by atoms with Gasteiger partial charge in [0.05, 0.1) is 5.56 Å². The van der Waals surface area contributed by atoms with Crippen LogP contribution >= 0.6 is 0 Å². The van der Waals surface area contributed by atoms with Crippen LogP contribution in [0.25, 0.3) is 0 Å². The zero-order chi connectivity index (χ0) is 17.0. The van der Waals surface area contributed by atoms with Crippen LogP contribution in [0.2, 0.25) is 0 Å². The van der Waals surface area contributed by atoms with Crippen molar-refractivity contribution >= 4 is 17.5 Å². The van der Waals surface area contributed by atoms with Crippen molar-refractivity contribution in [3.63, 3.8) is 0 Å². The first kappa shape index (κ1) is 16.8. The number of rotatable bonds is 5. The molecule has 23 heavy (non-hydrogen) atoms. The van der Waals surface area contributed by atoms with Gasteiger partial charge in [0.2, 0.25) is 0 Å². The summed E-state index contributed by atoms with van der Waals surface area (Å²) in [6.45, 7) is 8.74. The minimum atomic E-state index is -0.244. The number of anilines is 1. The summed E-state index contributed by atoms with van der Waals surface area (Å²) in [7, 11) is 0. The lowest BCUT2D eigenvalue weighted by atomic mass is 10.1. The molecule has 0 aliphatic rings. The van der Waals surface area contributed by atoms with E-state index < -0.39 is 0 Å². The Labute approximate surface area is 136 Å². The van der Waals surface area contributed by atoms with E-state index in [4.69, 9.17) is 4.42 Å². The van der Waals surface area contributed by atoms with Gasteiger partial charge in [-0.2, -0.15) is 0 Å². The van der Waals surface area contributed by atoms with Crippen molar-refractivity contribution in [1.29, 1.82) is 0 Å². The molecule has 0 spiro atoms. The zero-order valence-corrected chi connectivity index (χ0v) is 14.0. The lowest BCUT2D eigenvalue weighted by Gasteiger charge is -2.19. The standard InChI is InChI=1S/C18H22N2O3/c1-5-20(6-2)18(22)14-8-7-9-15(11-14)19-17(21)16-10-12(3)23-13(16)4/h7-11H,5-6H2,1-4H3,(H,19,21). The molecule has 2 aromatic rings. The second-order valence-electron chi connectivity index (χ2n) is 5.34. The minimum Gasteiger partial charge on any atom is -0.466 e. The van der Waals surface area contributed by atoms with Crippen molar-refractivity contribution in [2.45, 2.75) is 27.7 Å². The summed E-state index contributed by atoms with van der Waals surface area (Å²) in [4.78, 5) is 26.4. The molecule has 1 N–H and O–H groups in total. The highest BCUT2D eigenvalue weighted by molar-refractivity contribution is 6.05. The Bertz CT molecular complexity index is 715. The average molecular weight is 314 g/mol. The zero-order valence-electron chi connectivity index (χ0n) is 14.0. The molecule has 0 saturated heterocycles. The SMILES string of the molecule is CCN(CC)C(=O)c1cccc(NC(=O)c2cc(C)oc2C)c1. The van der Waals surface area contributed by atoms with E-state index in [9.17, 15) is 9.59 Å². The van der Waals surface area contributed by atoms with E-state index in [0.29, 0.717) is 41.4 Å². The molecule has 1 heterocycles. The van der Waals surface area contributed by atoms with E-state index >= 15 is 0 Å². The Balaban J connectivity index is 2.18. The molecule has 0 saturated carbocycles. The molecule has 2 amide bonds. The Morgan fingerprint density at radius 2 is 1.83 bits per heavy atom. The number of furan rings is 1. The summed E-state index contributed by atoms with van der Waals surface area (Å²) in [5.74, 6) is 0.988. The van der Waals surface area contributed by atoms with Crippen LogP contribution in [0, 0.1) is 13.8 Å². The first-order chi connectivity index (χ1) is 11.0. The van der Waals surface area contributed by atoms with E-state index in [1.807, 2.05) is 13.8 Å². The van der Waals surface area contributed by atoms with Gasteiger partial charge in [0.15, 0.2) is 0 Å². The van der Waals surface area contributed by atoms with Crippen molar-refractivity contribution in [2.24, 2.45) is 0 Å². The van der Waals surface area contributed by atoms with E-state index in [1.54, 1.807) is 49.1 Å². The number of nitrogens with one attached hydrogen (secondary N) is 1. The first-order valence-corrected chi connectivity index (χ1v) is 7.74. The van der Waals surface area contributed by atoms with Crippen LogP contribution in [-0.4, -0.2) is 29.8 Å². The molecule has 1 aromatic heterocycles. The maximum atomic E-state index is 12.4. The molecule has 0 unspecified atom stereocenters. The van der Waals surface area contributed by atoms with E-state index in [1.165, 1.54) is 0 Å². The molecule has 0 radical (unpaired) electrons. The number of carbonyl (C=O) groups excluding carboxylic acids is 2. The molecule has 5 heteroatoms. The van der Waals surface area contributed by atoms with Gasteiger partial charge in [-0.25, -0.2) is 0 Å². The second kappa shape index (κ2) is 7.13. The smallest absolute Gasteiger partial charge is 0.259 e. The van der Waals surface area contributed by atoms with Gasteiger partial charge in [0.1, 0.15) is 11.5 Å². The monoisotopic (exact) mass is 314 g/mol. The van der Waals surface area contributed by atoms with E-state index in [-0.39, 0.29) is 11.8 Å². The van der Waals surface area contributed by atoms with Crippen LogP contribution in [-0.2, 0) is 0 Å². The number of hydrogen-bond acceptors (Lipinski definition) is 3. The quantitative estimate of drug-likeness (QED) is 0.916. The van der Waals surface area contributed by atoms with Crippen molar-refractivity contribution < 1.29 is 14.0 Å². The van der Waals surface area contributed by atoms with E-state index in [2.05, 4.69) is 5.32 Å². The van der Waals surface area contributed by atoms with Crippen LogP contribution in [0.15, 0.2) is 34.7 Å². The van der Waals surface area contributed by atoms with E-state index in [0.717, 1.165) is 0 Å². The fourth-order valence-electron chi connectivity index (χ4n) is 2.48. The maximum Gasteiger partial charge on any atom is 0.259 e. The van der Waals surface area contributed by atoms with Gasteiger partial charge >= 0.3 is 0 Å². The molecule has 0 bridgehead atoms. The van der Waals surface area contributed by atoms with Crippen molar-refractivity contribution in [1.82, 2.24) is 4.90 Å². The fraction of sp³-hybridized carbons (Fsp3) is 0.333. The lowest BCUT2D eigenvalue weighted by Crippen LogP contribution is -2.30. The summed E-state index contributed by atoms with van der Waals surface area (Å²) in [5, 5.41) is 2.81. The summed E-state index contributed by atoms with van der Waals surface area (Å²) < 4.78 is 5.37. The predicted octanol–water partition coefficient (Wildman–Crippen LogP) is 3.63. The molecule has 5 nitrogen and oxygen atoms in total. The Morgan fingerprint density at radius 1 is 1.13 bits per heavy atom. The lowest BCUT2D eigenvalue weighted by molar-refractivity contribution is 0.0772. The molecular formula is C18H22N2O3. The maximum absolute atomic E-state index is 12.4. The second-order valence-corrected chi connectivity index (χ2v) is 5.34. The largest absolute Gasteiger partial charge is 0.466 e. The van der Waals surface area contributed by atoms with Crippen LogP contribution in [0.3, 0.4) is 0 Å². The van der Waals surface area contributed by atoms with Crippen molar-refractivity contribution in [3.8, 4) is 0 Å². The Morgan fingerprint density at radius 3 is 2.39 bits per heavy atom. The van der Waals surface area contributed by atoms with Crippen LogP contribution < -0.4 is 5.32 Å². The van der Waals surface area contributed by atoms with Crippen molar-refractivity contribution in [3.05, 3.63) is 53.0 Å². The topological polar surface area (TPSA) is 62.6 Å². The summed E-state index contributed by atoms with van der Waals surface area (Å²) in [5.41, 5.74) is 1.65. The Kier molecular flexibility index (Phi) is 5.21. The van der Waals surface area contributed by atoms with Gasteiger partial charge in [-0.05, 0) is 52.0 Å². The third-order valence-corrected chi connectivity index (χ3v) is 3.70. The number of amides is 2. The highest BCUT2D eigenvalue weighted by atomic mass is 16.3. The van der Waals surface area contributed by atoms with Gasteiger partial charge in [0, 0.05) is 24.3 Å². The third kappa shape index (κ3) is 3.80. The highest BCUT2D eigenvalue weighted by Crippen LogP contribution is 2.18. The molecule has 122 valence electrons. The first-order valence-electron chi connectivity index (χ1n) is 7.74. The fourth-order valence-corrected chi connectivity index (χ4v) is 2.48. The van der Waals surface area contributed by atoms with Gasteiger partial charge in [0.25, 0.3) is 11.8 Å². The minimum absolute atomic E-state index is 0.0403. The normalized spacial score (nSPS) is 10.4. The van der Waals surface area contributed by atoms with Crippen LogP contribution in [0.5, 0.6) is 0 Å². The predicted molar refractivity (Wildman–Crippen MR) is 89.8 cm³/mol. The third-order valence-electron chi connectivity index (χ3n) is 3.70. The number of benzene rings is 1. The number of hydrogen-bond donors (Lipinski definition) is 1. The van der Waals surface area contributed by atoms with Gasteiger partial charge in [-0.15, -0.1) is 0 Å². The molecule has 0 atom stereocenters. The summed E-state index contributed by atoms with van der Waals surface area (Å²) in [6.07, 6.45) is 0.